The fourth-order valence-electron chi connectivity index (χ4n) is 4.24. The van der Waals surface area contributed by atoms with E-state index in [0.717, 1.165) is 25.9 Å². The minimum Gasteiger partial charge on any atom is -0.341 e. The van der Waals surface area contributed by atoms with Crippen LogP contribution in [0.5, 0.6) is 0 Å². The first-order chi connectivity index (χ1) is 11.3. The van der Waals surface area contributed by atoms with E-state index in [4.69, 9.17) is 0 Å². The summed E-state index contributed by atoms with van der Waals surface area (Å²) in [6, 6.07) is 11.4. The van der Waals surface area contributed by atoms with Crippen molar-refractivity contribution in [2.24, 2.45) is 5.92 Å². The summed E-state index contributed by atoms with van der Waals surface area (Å²) in [4.78, 5) is 14.7. The number of piperidine rings is 1. The van der Waals surface area contributed by atoms with Gasteiger partial charge in [-0.3, -0.25) is 4.79 Å². The number of nitrogens with zero attached hydrogens (tertiary/aromatic N) is 1. The van der Waals surface area contributed by atoms with Gasteiger partial charge in [-0.25, -0.2) is 0 Å². The van der Waals surface area contributed by atoms with Crippen LogP contribution in [0.25, 0.3) is 0 Å². The summed E-state index contributed by atoms with van der Waals surface area (Å²) in [5, 5.41) is 3.32. The molecule has 1 heterocycles. The first kappa shape index (κ1) is 16.5. The summed E-state index contributed by atoms with van der Waals surface area (Å²) in [5.74, 6) is 1.68. The van der Waals surface area contributed by atoms with Crippen molar-refractivity contribution in [2.45, 2.75) is 56.9 Å². The van der Waals surface area contributed by atoms with E-state index in [9.17, 15) is 4.79 Å². The van der Waals surface area contributed by atoms with Crippen molar-refractivity contribution in [3.05, 3.63) is 35.9 Å². The zero-order valence-corrected chi connectivity index (χ0v) is 14.3. The lowest BCUT2D eigenvalue weighted by molar-refractivity contribution is -0.133. The van der Waals surface area contributed by atoms with Gasteiger partial charge in [-0.15, -0.1) is 0 Å². The fraction of sp³-hybridized carbons (Fsp3) is 0.650. The largest absolute Gasteiger partial charge is 0.341 e. The predicted octanol–water partition coefficient (Wildman–Crippen LogP) is 3.56. The molecule has 2 aliphatic rings. The van der Waals surface area contributed by atoms with Gasteiger partial charge in [0, 0.05) is 25.6 Å². The Kier molecular flexibility index (Phi) is 5.71. The predicted molar refractivity (Wildman–Crippen MR) is 94.4 cm³/mol. The van der Waals surface area contributed by atoms with Gasteiger partial charge >= 0.3 is 0 Å². The number of carbonyl (C=O) groups is 1. The lowest BCUT2D eigenvalue weighted by atomic mass is 9.77. The average Bonchev–Trinajstić information content (AvgIpc) is 2.63. The van der Waals surface area contributed by atoms with Crippen molar-refractivity contribution >= 4 is 5.91 Å². The molecule has 3 rings (SSSR count). The third-order valence-corrected chi connectivity index (χ3v) is 5.76. The highest BCUT2D eigenvalue weighted by atomic mass is 16.2. The first-order valence-electron chi connectivity index (χ1n) is 9.26. The van der Waals surface area contributed by atoms with Crippen LogP contribution in [0, 0.1) is 5.92 Å². The zero-order valence-electron chi connectivity index (χ0n) is 14.3. The van der Waals surface area contributed by atoms with E-state index in [2.05, 4.69) is 40.5 Å². The lowest BCUT2D eigenvalue weighted by Crippen LogP contribution is -2.47. The van der Waals surface area contributed by atoms with Crippen molar-refractivity contribution < 1.29 is 4.79 Å². The summed E-state index contributed by atoms with van der Waals surface area (Å²) in [7, 11) is 2.00. The standard InChI is InChI=1S/C20H30N2O/c1-21-19-8-5-13-22(15-19)20(23)14-16-9-11-18(12-10-16)17-6-3-2-4-7-17/h2-4,6-7,16,18-19,21H,5,8-15H2,1H3. The number of carbonyl (C=O) groups excluding carboxylic acids is 1. The van der Waals surface area contributed by atoms with Crippen LogP contribution in [-0.4, -0.2) is 37.0 Å². The molecule has 0 spiro atoms. The summed E-state index contributed by atoms with van der Waals surface area (Å²) in [6.45, 7) is 1.85. The maximum atomic E-state index is 12.6. The molecule has 1 aromatic rings. The Bertz CT molecular complexity index is 494. The molecule has 3 nitrogen and oxygen atoms in total. The van der Waals surface area contributed by atoms with Crippen molar-refractivity contribution in [1.29, 1.82) is 0 Å². The topological polar surface area (TPSA) is 32.3 Å². The van der Waals surface area contributed by atoms with Crippen LogP contribution in [0.15, 0.2) is 30.3 Å². The fourth-order valence-corrected chi connectivity index (χ4v) is 4.24. The monoisotopic (exact) mass is 314 g/mol. The highest BCUT2D eigenvalue weighted by Crippen LogP contribution is 2.37. The SMILES string of the molecule is CNC1CCCN(C(=O)CC2CCC(c3ccccc3)CC2)C1. The number of likely N-dealkylation sites (tertiary alicyclic amines) is 1. The number of hydrogen-bond acceptors (Lipinski definition) is 2. The van der Waals surface area contributed by atoms with Crippen molar-refractivity contribution in [2.75, 3.05) is 20.1 Å². The molecule has 0 radical (unpaired) electrons. The maximum Gasteiger partial charge on any atom is 0.222 e. The van der Waals surface area contributed by atoms with E-state index in [0.29, 0.717) is 23.8 Å². The van der Waals surface area contributed by atoms with E-state index >= 15 is 0 Å². The second-order valence-corrected chi connectivity index (χ2v) is 7.30. The Hall–Kier alpha value is -1.35. The minimum absolute atomic E-state index is 0.383. The highest BCUT2D eigenvalue weighted by Gasteiger charge is 2.27. The number of rotatable bonds is 4. The molecule has 1 aliphatic heterocycles. The molecule has 3 heteroatoms. The molecule has 126 valence electrons. The van der Waals surface area contributed by atoms with Crippen LogP contribution in [0.2, 0.25) is 0 Å². The third kappa shape index (κ3) is 4.35. The molecule has 1 saturated carbocycles. The van der Waals surface area contributed by atoms with Gasteiger partial charge in [0.1, 0.15) is 0 Å². The van der Waals surface area contributed by atoms with Crippen molar-refractivity contribution in [3.8, 4) is 0 Å². The van der Waals surface area contributed by atoms with Gasteiger partial charge in [0.25, 0.3) is 0 Å². The molecule has 2 fully saturated rings. The van der Waals surface area contributed by atoms with E-state index in [-0.39, 0.29) is 0 Å². The van der Waals surface area contributed by atoms with Gasteiger partial charge in [-0.05, 0) is 63.0 Å². The number of benzene rings is 1. The van der Waals surface area contributed by atoms with Gasteiger partial charge in [-0.1, -0.05) is 30.3 Å². The van der Waals surface area contributed by atoms with Gasteiger partial charge in [0.05, 0.1) is 0 Å². The number of amides is 1. The van der Waals surface area contributed by atoms with Crippen LogP contribution < -0.4 is 5.32 Å². The Balaban J connectivity index is 1.46. The van der Waals surface area contributed by atoms with Gasteiger partial charge in [0.2, 0.25) is 5.91 Å². The van der Waals surface area contributed by atoms with Crippen LogP contribution >= 0.6 is 0 Å². The van der Waals surface area contributed by atoms with Gasteiger partial charge in [0.15, 0.2) is 0 Å². The number of hydrogen-bond donors (Lipinski definition) is 1. The molecule has 1 saturated heterocycles. The summed E-state index contributed by atoms with van der Waals surface area (Å²) < 4.78 is 0. The van der Waals surface area contributed by atoms with E-state index in [1.54, 1.807) is 0 Å². The summed E-state index contributed by atoms with van der Waals surface area (Å²) >= 11 is 0. The molecule has 1 N–H and O–H groups in total. The molecule has 0 bridgehead atoms. The molecule has 1 aromatic carbocycles. The Morgan fingerprint density at radius 2 is 1.87 bits per heavy atom. The quantitative estimate of drug-likeness (QED) is 0.921. The Morgan fingerprint density at radius 3 is 2.57 bits per heavy atom. The second-order valence-electron chi connectivity index (χ2n) is 7.30. The van der Waals surface area contributed by atoms with E-state index < -0.39 is 0 Å². The van der Waals surface area contributed by atoms with Crippen LogP contribution in [0.3, 0.4) is 0 Å². The lowest BCUT2D eigenvalue weighted by Gasteiger charge is -2.35. The van der Waals surface area contributed by atoms with Crippen molar-refractivity contribution in [3.63, 3.8) is 0 Å². The smallest absolute Gasteiger partial charge is 0.222 e. The van der Waals surface area contributed by atoms with Crippen LogP contribution in [-0.2, 0) is 4.79 Å². The van der Waals surface area contributed by atoms with Crippen LogP contribution in [0.4, 0.5) is 0 Å². The van der Waals surface area contributed by atoms with Crippen LogP contribution in [0.1, 0.15) is 56.4 Å². The first-order valence-corrected chi connectivity index (χ1v) is 9.26. The molecule has 1 atom stereocenters. The Morgan fingerprint density at radius 1 is 1.13 bits per heavy atom. The third-order valence-electron chi connectivity index (χ3n) is 5.76. The molecule has 1 amide bonds. The Labute approximate surface area is 140 Å². The molecular weight excluding hydrogens is 284 g/mol. The normalized spacial score (nSPS) is 28.6. The number of likely N-dealkylation sites (N-methyl/N-ethyl adjacent to an activating group) is 1. The van der Waals surface area contributed by atoms with Crippen molar-refractivity contribution in [1.82, 2.24) is 10.2 Å². The molecule has 1 aliphatic carbocycles. The summed E-state index contributed by atoms with van der Waals surface area (Å²) in [6.07, 6.45) is 7.98. The van der Waals surface area contributed by atoms with E-state index in [1.807, 2.05) is 7.05 Å². The highest BCUT2D eigenvalue weighted by molar-refractivity contribution is 5.76. The average molecular weight is 314 g/mol. The second kappa shape index (κ2) is 7.96. The number of nitrogens with one attached hydrogen (secondary N) is 1. The molecule has 23 heavy (non-hydrogen) atoms. The molecular formula is C20H30N2O. The molecule has 1 unspecified atom stereocenters. The van der Waals surface area contributed by atoms with E-state index in [1.165, 1.54) is 37.7 Å². The zero-order chi connectivity index (χ0) is 16.1. The van der Waals surface area contributed by atoms with Gasteiger partial charge in [-0.2, -0.15) is 0 Å². The molecule has 0 aromatic heterocycles. The minimum atomic E-state index is 0.383. The van der Waals surface area contributed by atoms with Gasteiger partial charge < -0.3 is 10.2 Å². The maximum absolute atomic E-state index is 12.6. The summed E-state index contributed by atoms with van der Waals surface area (Å²) in [5.41, 5.74) is 1.48.